The van der Waals surface area contributed by atoms with Crippen LogP contribution in [0.1, 0.15) is 10.4 Å². The number of ether oxygens (including phenoxy) is 1. The lowest BCUT2D eigenvalue weighted by molar-refractivity contribution is 0.102. The zero-order valence-corrected chi connectivity index (χ0v) is 14.8. The van der Waals surface area contributed by atoms with Gasteiger partial charge in [0.05, 0.1) is 18.1 Å². The number of nitrogens with one attached hydrogen (secondary N) is 1. The Hall–Kier alpha value is -2.38. The number of sulfone groups is 1. The number of hydrogen-bond acceptors (Lipinski definition) is 5. The van der Waals surface area contributed by atoms with Crippen molar-refractivity contribution < 1.29 is 17.9 Å². The molecule has 1 aliphatic heterocycles. The first-order valence-corrected chi connectivity index (χ1v) is 9.87. The summed E-state index contributed by atoms with van der Waals surface area (Å²) in [4.78, 5) is 14.7. The molecule has 0 atom stereocenters. The van der Waals surface area contributed by atoms with Gasteiger partial charge in [-0.1, -0.05) is 6.07 Å². The van der Waals surface area contributed by atoms with E-state index < -0.39 is 9.84 Å². The van der Waals surface area contributed by atoms with Gasteiger partial charge in [0.1, 0.15) is 0 Å². The summed E-state index contributed by atoms with van der Waals surface area (Å²) in [6.07, 6.45) is 1.12. The maximum Gasteiger partial charge on any atom is 0.255 e. The predicted octanol–water partition coefficient (Wildman–Crippen LogP) is 2.18. The van der Waals surface area contributed by atoms with Crippen LogP contribution in [0, 0.1) is 0 Å². The first-order chi connectivity index (χ1) is 11.9. The van der Waals surface area contributed by atoms with E-state index in [1.165, 1.54) is 12.1 Å². The van der Waals surface area contributed by atoms with Crippen LogP contribution in [-0.4, -0.2) is 46.9 Å². The van der Waals surface area contributed by atoms with Crippen LogP contribution in [0.4, 0.5) is 11.4 Å². The SMILES string of the molecule is CS(=O)(=O)c1cccc(C(=O)Nc2ccc(N3CCOCC3)cc2)c1. The second-order valence-electron chi connectivity index (χ2n) is 5.90. The molecule has 1 aliphatic rings. The van der Waals surface area contributed by atoms with Gasteiger partial charge < -0.3 is 15.0 Å². The molecule has 1 amide bonds. The average molecular weight is 360 g/mol. The third-order valence-electron chi connectivity index (χ3n) is 4.03. The van der Waals surface area contributed by atoms with Crippen LogP contribution < -0.4 is 10.2 Å². The van der Waals surface area contributed by atoms with Gasteiger partial charge in [-0.2, -0.15) is 0 Å². The third-order valence-corrected chi connectivity index (χ3v) is 5.14. The highest BCUT2D eigenvalue weighted by Crippen LogP contribution is 2.20. The molecule has 6 nitrogen and oxygen atoms in total. The number of carbonyl (C=O) groups excluding carboxylic acids is 1. The molecule has 2 aromatic rings. The molecule has 3 rings (SSSR count). The lowest BCUT2D eigenvalue weighted by Crippen LogP contribution is -2.36. The number of amides is 1. The lowest BCUT2D eigenvalue weighted by Gasteiger charge is -2.28. The molecule has 0 saturated carbocycles. The summed E-state index contributed by atoms with van der Waals surface area (Å²) in [6, 6.07) is 13.6. The molecule has 1 fully saturated rings. The fraction of sp³-hybridized carbons (Fsp3) is 0.278. The van der Waals surface area contributed by atoms with Crippen molar-refractivity contribution in [2.45, 2.75) is 4.90 Å². The van der Waals surface area contributed by atoms with Crippen LogP contribution in [-0.2, 0) is 14.6 Å². The Bertz CT molecular complexity index is 857. The summed E-state index contributed by atoms with van der Waals surface area (Å²) in [5.41, 5.74) is 2.05. The number of anilines is 2. The zero-order valence-electron chi connectivity index (χ0n) is 13.9. The van der Waals surface area contributed by atoms with E-state index in [1.807, 2.05) is 24.3 Å². The van der Waals surface area contributed by atoms with Gasteiger partial charge in [-0.3, -0.25) is 4.79 Å². The summed E-state index contributed by atoms with van der Waals surface area (Å²) >= 11 is 0. The van der Waals surface area contributed by atoms with Gasteiger partial charge in [0.2, 0.25) is 0 Å². The molecule has 0 bridgehead atoms. The van der Waals surface area contributed by atoms with Crippen molar-refractivity contribution in [3.05, 3.63) is 54.1 Å². The Labute approximate surface area is 147 Å². The Kier molecular flexibility index (Phi) is 5.06. The largest absolute Gasteiger partial charge is 0.378 e. The maximum atomic E-state index is 12.3. The molecule has 25 heavy (non-hydrogen) atoms. The Morgan fingerprint density at radius 1 is 1.08 bits per heavy atom. The Morgan fingerprint density at radius 2 is 1.76 bits per heavy atom. The summed E-state index contributed by atoms with van der Waals surface area (Å²) in [5.74, 6) is -0.343. The fourth-order valence-electron chi connectivity index (χ4n) is 2.65. The van der Waals surface area contributed by atoms with E-state index in [2.05, 4.69) is 10.2 Å². The van der Waals surface area contributed by atoms with Crippen molar-refractivity contribution >= 4 is 27.1 Å². The fourth-order valence-corrected chi connectivity index (χ4v) is 3.32. The molecule has 0 aromatic heterocycles. The van der Waals surface area contributed by atoms with Gasteiger partial charge in [-0.05, 0) is 42.5 Å². The molecule has 1 heterocycles. The van der Waals surface area contributed by atoms with Crippen LogP contribution in [0.2, 0.25) is 0 Å². The van der Waals surface area contributed by atoms with E-state index in [1.54, 1.807) is 12.1 Å². The van der Waals surface area contributed by atoms with Gasteiger partial charge >= 0.3 is 0 Å². The second kappa shape index (κ2) is 7.25. The number of carbonyl (C=O) groups is 1. The minimum absolute atomic E-state index is 0.128. The molecule has 0 unspecified atom stereocenters. The van der Waals surface area contributed by atoms with Gasteiger partial charge in [0.25, 0.3) is 5.91 Å². The highest BCUT2D eigenvalue weighted by Gasteiger charge is 2.13. The molecule has 0 radical (unpaired) electrons. The summed E-state index contributed by atoms with van der Waals surface area (Å²) in [6.45, 7) is 3.14. The van der Waals surface area contributed by atoms with E-state index >= 15 is 0 Å². The molecule has 132 valence electrons. The monoisotopic (exact) mass is 360 g/mol. The molecule has 1 saturated heterocycles. The van der Waals surface area contributed by atoms with Crippen LogP contribution in [0.5, 0.6) is 0 Å². The van der Waals surface area contributed by atoms with Crippen molar-refractivity contribution in [2.24, 2.45) is 0 Å². The molecule has 1 N–H and O–H groups in total. The first kappa shape index (κ1) is 17.4. The van der Waals surface area contributed by atoms with E-state index in [9.17, 15) is 13.2 Å². The standard InChI is InChI=1S/C18H20N2O4S/c1-25(22,23)17-4-2-3-14(13-17)18(21)19-15-5-7-16(8-6-15)20-9-11-24-12-10-20/h2-8,13H,9-12H2,1H3,(H,19,21). The first-order valence-electron chi connectivity index (χ1n) is 7.98. The molecular weight excluding hydrogens is 340 g/mol. The zero-order chi connectivity index (χ0) is 17.9. The Balaban J connectivity index is 1.71. The van der Waals surface area contributed by atoms with Crippen LogP contribution in [0.3, 0.4) is 0 Å². The predicted molar refractivity (Wildman–Crippen MR) is 97.0 cm³/mol. The van der Waals surface area contributed by atoms with Crippen molar-refractivity contribution in [3.8, 4) is 0 Å². The molecule has 2 aromatic carbocycles. The van der Waals surface area contributed by atoms with E-state index in [-0.39, 0.29) is 10.8 Å². The third kappa shape index (κ3) is 4.37. The second-order valence-corrected chi connectivity index (χ2v) is 7.92. The molecular formula is C18H20N2O4S. The van der Waals surface area contributed by atoms with E-state index in [0.717, 1.165) is 38.2 Å². The van der Waals surface area contributed by atoms with Crippen molar-refractivity contribution in [1.82, 2.24) is 0 Å². The van der Waals surface area contributed by atoms with Crippen LogP contribution in [0.15, 0.2) is 53.4 Å². The average Bonchev–Trinajstić information content (AvgIpc) is 2.62. The minimum atomic E-state index is -3.35. The molecule has 0 spiro atoms. The van der Waals surface area contributed by atoms with Crippen LogP contribution >= 0.6 is 0 Å². The van der Waals surface area contributed by atoms with Gasteiger partial charge in [-0.25, -0.2) is 8.42 Å². The maximum absolute atomic E-state index is 12.3. The molecule has 7 heteroatoms. The Morgan fingerprint density at radius 3 is 2.40 bits per heavy atom. The summed E-state index contributed by atoms with van der Waals surface area (Å²) < 4.78 is 28.6. The van der Waals surface area contributed by atoms with Gasteiger partial charge in [-0.15, -0.1) is 0 Å². The highest BCUT2D eigenvalue weighted by atomic mass is 32.2. The van der Waals surface area contributed by atoms with E-state index in [0.29, 0.717) is 11.3 Å². The minimum Gasteiger partial charge on any atom is -0.378 e. The number of nitrogens with zero attached hydrogens (tertiary/aromatic N) is 1. The van der Waals surface area contributed by atoms with Crippen molar-refractivity contribution in [1.29, 1.82) is 0 Å². The van der Waals surface area contributed by atoms with Crippen molar-refractivity contribution in [3.63, 3.8) is 0 Å². The number of morpholine rings is 1. The molecule has 0 aliphatic carbocycles. The number of benzene rings is 2. The number of rotatable bonds is 4. The van der Waals surface area contributed by atoms with Gasteiger partial charge in [0, 0.05) is 36.3 Å². The topological polar surface area (TPSA) is 75.7 Å². The van der Waals surface area contributed by atoms with Gasteiger partial charge in [0.15, 0.2) is 9.84 Å². The normalized spacial score (nSPS) is 15.0. The smallest absolute Gasteiger partial charge is 0.255 e. The van der Waals surface area contributed by atoms with Crippen LogP contribution in [0.25, 0.3) is 0 Å². The van der Waals surface area contributed by atoms with E-state index in [4.69, 9.17) is 4.74 Å². The summed E-state index contributed by atoms with van der Waals surface area (Å²) in [5, 5.41) is 2.79. The quantitative estimate of drug-likeness (QED) is 0.904. The highest BCUT2D eigenvalue weighted by molar-refractivity contribution is 7.90. The summed E-state index contributed by atoms with van der Waals surface area (Å²) in [7, 11) is -3.35. The lowest BCUT2D eigenvalue weighted by atomic mass is 10.2. The van der Waals surface area contributed by atoms with Crippen molar-refractivity contribution in [2.75, 3.05) is 42.8 Å². The number of hydrogen-bond donors (Lipinski definition) is 1.